The first kappa shape index (κ1) is 17.8. The van der Waals surface area contributed by atoms with E-state index in [4.69, 9.17) is 5.73 Å². The zero-order valence-corrected chi connectivity index (χ0v) is 15.8. The Hall–Kier alpha value is -2.56. The standard InChI is InChI=1S/C22H27N3O2/c1-15(18-7-6-16-4-2-3-5-19(16)14-18)25(20-8-9-20)21(26)17-10-12-24(13-11-17)22(23)27/h2-7,14-15,17,20H,8-13H2,1H3,(H2,23,27). The van der Waals surface area contributed by atoms with Crippen molar-refractivity contribution in [2.45, 2.75) is 44.7 Å². The highest BCUT2D eigenvalue weighted by Gasteiger charge is 2.40. The van der Waals surface area contributed by atoms with Crippen LogP contribution in [-0.4, -0.2) is 40.9 Å². The van der Waals surface area contributed by atoms with Gasteiger partial charge in [-0.25, -0.2) is 4.79 Å². The molecule has 3 amide bonds. The molecule has 2 aromatic rings. The van der Waals surface area contributed by atoms with Crippen LogP contribution in [0.2, 0.25) is 0 Å². The number of rotatable bonds is 4. The van der Waals surface area contributed by atoms with Crippen LogP contribution in [0.15, 0.2) is 42.5 Å². The van der Waals surface area contributed by atoms with E-state index in [-0.39, 0.29) is 23.9 Å². The quantitative estimate of drug-likeness (QED) is 0.898. The molecule has 0 spiro atoms. The number of likely N-dealkylation sites (tertiary alicyclic amines) is 1. The van der Waals surface area contributed by atoms with Crippen molar-refractivity contribution in [3.05, 3.63) is 48.0 Å². The summed E-state index contributed by atoms with van der Waals surface area (Å²) >= 11 is 0. The minimum atomic E-state index is -0.385. The van der Waals surface area contributed by atoms with Crippen LogP contribution >= 0.6 is 0 Å². The van der Waals surface area contributed by atoms with Crippen LogP contribution in [0, 0.1) is 5.92 Å². The van der Waals surface area contributed by atoms with Gasteiger partial charge in [0, 0.05) is 25.0 Å². The van der Waals surface area contributed by atoms with E-state index in [2.05, 4.69) is 42.2 Å². The molecule has 2 aliphatic rings. The molecule has 5 heteroatoms. The highest BCUT2D eigenvalue weighted by molar-refractivity contribution is 5.84. The zero-order chi connectivity index (χ0) is 19.0. The SMILES string of the molecule is CC(c1ccc2ccccc2c1)N(C(=O)C1CCN(C(N)=O)CC1)C1CC1. The van der Waals surface area contributed by atoms with E-state index in [9.17, 15) is 9.59 Å². The van der Waals surface area contributed by atoms with E-state index in [0.717, 1.165) is 12.8 Å². The fraction of sp³-hybridized carbons (Fsp3) is 0.455. The molecule has 27 heavy (non-hydrogen) atoms. The molecule has 1 unspecified atom stereocenters. The largest absolute Gasteiger partial charge is 0.351 e. The number of nitrogens with zero attached hydrogens (tertiary/aromatic N) is 2. The van der Waals surface area contributed by atoms with Crippen molar-refractivity contribution in [2.75, 3.05) is 13.1 Å². The minimum absolute atomic E-state index is 0.0101. The van der Waals surface area contributed by atoms with Gasteiger partial charge in [0.05, 0.1) is 6.04 Å². The Kier molecular flexibility index (Phi) is 4.77. The van der Waals surface area contributed by atoms with Crippen molar-refractivity contribution in [3.63, 3.8) is 0 Å². The molecular formula is C22H27N3O2. The molecule has 1 heterocycles. The minimum Gasteiger partial charge on any atom is -0.351 e. The third-order valence-electron chi connectivity index (χ3n) is 6.02. The molecule has 2 fully saturated rings. The van der Waals surface area contributed by atoms with Gasteiger partial charge >= 0.3 is 6.03 Å². The highest BCUT2D eigenvalue weighted by Crippen LogP contribution is 2.37. The Bertz CT molecular complexity index is 854. The molecule has 2 aromatic carbocycles. The lowest BCUT2D eigenvalue weighted by atomic mass is 9.93. The first-order valence-electron chi connectivity index (χ1n) is 9.90. The van der Waals surface area contributed by atoms with Gasteiger partial charge in [0.1, 0.15) is 0 Å². The topological polar surface area (TPSA) is 66.6 Å². The van der Waals surface area contributed by atoms with Crippen LogP contribution in [0.25, 0.3) is 10.8 Å². The Morgan fingerprint density at radius 1 is 1.04 bits per heavy atom. The Morgan fingerprint density at radius 2 is 1.70 bits per heavy atom. The molecule has 1 saturated heterocycles. The van der Waals surface area contributed by atoms with E-state index in [1.807, 2.05) is 12.1 Å². The molecule has 1 aliphatic carbocycles. The van der Waals surface area contributed by atoms with E-state index in [1.165, 1.54) is 16.3 Å². The van der Waals surface area contributed by atoms with E-state index < -0.39 is 0 Å². The Labute approximate surface area is 160 Å². The number of urea groups is 1. The smallest absolute Gasteiger partial charge is 0.314 e. The van der Waals surface area contributed by atoms with Gasteiger partial charge in [0.25, 0.3) is 0 Å². The number of amides is 3. The number of nitrogens with two attached hydrogens (primary N) is 1. The van der Waals surface area contributed by atoms with Gasteiger partial charge in [-0.2, -0.15) is 0 Å². The monoisotopic (exact) mass is 365 g/mol. The summed E-state index contributed by atoms with van der Waals surface area (Å²) in [5.41, 5.74) is 6.55. The number of carbonyl (C=O) groups is 2. The summed E-state index contributed by atoms with van der Waals surface area (Å²) in [6, 6.07) is 14.8. The average molecular weight is 365 g/mol. The number of hydrogen-bond acceptors (Lipinski definition) is 2. The van der Waals surface area contributed by atoms with Gasteiger partial charge in [-0.1, -0.05) is 36.4 Å². The predicted molar refractivity (Wildman–Crippen MR) is 106 cm³/mol. The third kappa shape index (κ3) is 3.64. The van der Waals surface area contributed by atoms with Gasteiger partial charge in [-0.15, -0.1) is 0 Å². The summed E-state index contributed by atoms with van der Waals surface area (Å²) in [5.74, 6) is 0.228. The van der Waals surface area contributed by atoms with Crippen LogP contribution < -0.4 is 5.73 Å². The summed E-state index contributed by atoms with van der Waals surface area (Å²) in [4.78, 5) is 28.4. The summed E-state index contributed by atoms with van der Waals surface area (Å²) in [6.45, 7) is 3.29. The van der Waals surface area contributed by atoms with Crippen molar-refractivity contribution < 1.29 is 9.59 Å². The van der Waals surface area contributed by atoms with Crippen molar-refractivity contribution in [3.8, 4) is 0 Å². The Balaban J connectivity index is 1.53. The van der Waals surface area contributed by atoms with Crippen LogP contribution in [0.4, 0.5) is 4.79 Å². The third-order valence-corrected chi connectivity index (χ3v) is 6.02. The van der Waals surface area contributed by atoms with Gasteiger partial charge in [0.15, 0.2) is 0 Å². The molecule has 2 N–H and O–H groups in total. The molecule has 1 aliphatic heterocycles. The lowest BCUT2D eigenvalue weighted by molar-refractivity contribution is -0.139. The normalized spacial score (nSPS) is 19.1. The number of benzene rings is 2. The number of primary amides is 1. The second kappa shape index (κ2) is 7.22. The van der Waals surface area contributed by atoms with E-state index >= 15 is 0 Å². The van der Waals surface area contributed by atoms with Crippen LogP contribution in [-0.2, 0) is 4.79 Å². The molecule has 1 saturated carbocycles. The second-order valence-corrected chi connectivity index (χ2v) is 7.86. The summed E-state index contributed by atoms with van der Waals surface area (Å²) in [7, 11) is 0. The van der Waals surface area contributed by atoms with Crippen molar-refractivity contribution >= 4 is 22.7 Å². The molecule has 1 atom stereocenters. The van der Waals surface area contributed by atoms with E-state index in [0.29, 0.717) is 32.0 Å². The summed E-state index contributed by atoms with van der Waals surface area (Å²) in [5, 5.41) is 2.43. The predicted octanol–water partition coefficient (Wildman–Crippen LogP) is 3.68. The number of piperidine rings is 1. The fourth-order valence-electron chi connectivity index (χ4n) is 4.23. The maximum absolute atomic E-state index is 13.3. The molecule has 5 nitrogen and oxygen atoms in total. The van der Waals surface area contributed by atoms with Crippen molar-refractivity contribution in [1.82, 2.24) is 9.80 Å². The van der Waals surface area contributed by atoms with Gasteiger partial charge in [-0.05, 0) is 55.0 Å². The molecule has 0 aromatic heterocycles. The Morgan fingerprint density at radius 3 is 2.33 bits per heavy atom. The average Bonchev–Trinajstić information content (AvgIpc) is 3.52. The lowest BCUT2D eigenvalue weighted by Gasteiger charge is -2.36. The maximum Gasteiger partial charge on any atom is 0.314 e. The molecule has 0 radical (unpaired) electrons. The van der Waals surface area contributed by atoms with Gasteiger partial charge < -0.3 is 15.5 Å². The first-order chi connectivity index (χ1) is 13.0. The van der Waals surface area contributed by atoms with Crippen LogP contribution in [0.5, 0.6) is 0 Å². The van der Waals surface area contributed by atoms with Gasteiger partial charge in [-0.3, -0.25) is 4.79 Å². The molecule has 0 bridgehead atoms. The number of carbonyl (C=O) groups excluding carboxylic acids is 2. The maximum atomic E-state index is 13.3. The molecule has 142 valence electrons. The van der Waals surface area contributed by atoms with Crippen molar-refractivity contribution in [1.29, 1.82) is 0 Å². The zero-order valence-electron chi connectivity index (χ0n) is 15.8. The molecular weight excluding hydrogens is 338 g/mol. The van der Waals surface area contributed by atoms with Gasteiger partial charge in [0.2, 0.25) is 5.91 Å². The van der Waals surface area contributed by atoms with Crippen LogP contribution in [0.3, 0.4) is 0 Å². The first-order valence-corrected chi connectivity index (χ1v) is 9.90. The fourth-order valence-corrected chi connectivity index (χ4v) is 4.23. The number of fused-ring (bicyclic) bond motifs is 1. The van der Waals surface area contributed by atoms with Crippen LogP contribution in [0.1, 0.15) is 44.2 Å². The highest BCUT2D eigenvalue weighted by atomic mass is 16.2. The van der Waals surface area contributed by atoms with Crippen molar-refractivity contribution in [2.24, 2.45) is 11.7 Å². The number of hydrogen-bond donors (Lipinski definition) is 1. The summed E-state index contributed by atoms with van der Waals surface area (Å²) < 4.78 is 0. The lowest BCUT2D eigenvalue weighted by Crippen LogP contribution is -2.47. The summed E-state index contributed by atoms with van der Waals surface area (Å²) in [6.07, 6.45) is 3.58. The molecule has 4 rings (SSSR count). The van der Waals surface area contributed by atoms with E-state index in [1.54, 1.807) is 4.90 Å². The second-order valence-electron chi connectivity index (χ2n) is 7.86.